The standard InChI is InChI=1S/C23H22N4O4/c1-3-10-30-15-7-4-13(5-8-15)21-20-19(14-6-9-18(29-2)17(28)11-14)16(12-24)22(25)31-23(20)27-26-21/h4-9,11,19,28H,3,10,25H2,1-2H3,(H,26,27)/t19-/m0/s1. The molecule has 1 atom stereocenters. The Morgan fingerprint density at radius 1 is 1.26 bits per heavy atom. The van der Waals surface area contributed by atoms with Crippen LogP contribution >= 0.6 is 0 Å². The van der Waals surface area contributed by atoms with E-state index < -0.39 is 5.92 Å². The maximum absolute atomic E-state index is 10.3. The Bertz CT molecular complexity index is 1180. The molecule has 31 heavy (non-hydrogen) atoms. The van der Waals surface area contributed by atoms with Gasteiger partial charge in [-0.3, -0.25) is 5.10 Å². The number of H-pyrrole nitrogens is 1. The van der Waals surface area contributed by atoms with Crippen molar-refractivity contribution in [2.45, 2.75) is 19.3 Å². The number of benzene rings is 2. The fraction of sp³-hybridized carbons (Fsp3) is 0.217. The van der Waals surface area contributed by atoms with Gasteiger partial charge in [0.05, 0.1) is 30.9 Å². The van der Waals surface area contributed by atoms with E-state index in [1.807, 2.05) is 31.2 Å². The van der Waals surface area contributed by atoms with E-state index in [-0.39, 0.29) is 23.1 Å². The summed E-state index contributed by atoms with van der Waals surface area (Å²) in [5.74, 6) is 0.770. The lowest BCUT2D eigenvalue weighted by Gasteiger charge is -2.24. The van der Waals surface area contributed by atoms with E-state index in [0.29, 0.717) is 29.2 Å². The predicted octanol–water partition coefficient (Wildman–Crippen LogP) is 3.80. The third kappa shape index (κ3) is 3.62. The molecule has 0 radical (unpaired) electrons. The zero-order valence-electron chi connectivity index (χ0n) is 17.2. The molecule has 0 unspecified atom stereocenters. The molecule has 3 aromatic rings. The Kier molecular flexibility index (Phi) is 5.41. The summed E-state index contributed by atoms with van der Waals surface area (Å²) in [4.78, 5) is 0. The van der Waals surface area contributed by atoms with Crippen molar-refractivity contribution in [2.75, 3.05) is 13.7 Å². The number of aromatic amines is 1. The van der Waals surface area contributed by atoms with Crippen LogP contribution in [-0.2, 0) is 0 Å². The summed E-state index contributed by atoms with van der Waals surface area (Å²) in [6.45, 7) is 2.69. The lowest BCUT2D eigenvalue weighted by atomic mass is 9.83. The number of phenolic OH excluding ortho intramolecular Hbond substituents is 1. The molecule has 1 aliphatic heterocycles. The topological polar surface area (TPSA) is 126 Å². The lowest BCUT2D eigenvalue weighted by Crippen LogP contribution is -2.21. The van der Waals surface area contributed by atoms with Crippen molar-refractivity contribution in [3.8, 4) is 40.5 Å². The largest absolute Gasteiger partial charge is 0.504 e. The summed E-state index contributed by atoms with van der Waals surface area (Å²) in [6, 6.07) is 14.7. The van der Waals surface area contributed by atoms with Gasteiger partial charge in [-0.05, 0) is 48.4 Å². The first-order valence-corrected chi connectivity index (χ1v) is 9.83. The highest BCUT2D eigenvalue weighted by Gasteiger charge is 2.36. The molecule has 4 rings (SSSR count). The minimum absolute atomic E-state index is 0.0170. The van der Waals surface area contributed by atoms with Gasteiger partial charge in [0.25, 0.3) is 0 Å². The van der Waals surface area contributed by atoms with Gasteiger partial charge < -0.3 is 25.1 Å². The molecule has 4 N–H and O–H groups in total. The average Bonchev–Trinajstić information content (AvgIpc) is 3.20. The second-order valence-corrected chi connectivity index (χ2v) is 7.05. The molecule has 158 valence electrons. The summed E-state index contributed by atoms with van der Waals surface area (Å²) < 4.78 is 16.4. The van der Waals surface area contributed by atoms with E-state index >= 15 is 0 Å². The van der Waals surface area contributed by atoms with E-state index in [0.717, 1.165) is 17.7 Å². The van der Waals surface area contributed by atoms with Crippen molar-refractivity contribution in [3.63, 3.8) is 0 Å². The molecule has 0 amide bonds. The number of nitriles is 1. The van der Waals surface area contributed by atoms with Crippen LogP contribution in [0.15, 0.2) is 53.9 Å². The number of nitrogens with two attached hydrogens (primary N) is 1. The smallest absolute Gasteiger partial charge is 0.244 e. The first-order chi connectivity index (χ1) is 15.1. The van der Waals surface area contributed by atoms with E-state index in [1.165, 1.54) is 7.11 Å². The number of phenols is 1. The maximum atomic E-state index is 10.3. The highest BCUT2D eigenvalue weighted by Crippen LogP contribution is 2.46. The zero-order valence-corrected chi connectivity index (χ0v) is 17.2. The van der Waals surface area contributed by atoms with Crippen LogP contribution in [0.1, 0.15) is 30.4 Å². The number of ether oxygens (including phenoxy) is 3. The van der Waals surface area contributed by atoms with Gasteiger partial charge in [0.2, 0.25) is 11.8 Å². The summed E-state index contributed by atoms with van der Waals surface area (Å²) in [7, 11) is 1.47. The summed E-state index contributed by atoms with van der Waals surface area (Å²) in [6.07, 6.45) is 0.925. The first kappa shape index (κ1) is 20.2. The Morgan fingerprint density at radius 2 is 2.03 bits per heavy atom. The van der Waals surface area contributed by atoms with Crippen molar-refractivity contribution >= 4 is 0 Å². The third-order valence-electron chi connectivity index (χ3n) is 5.09. The number of rotatable bonds is 6. The number of aromatic hydroxyl groups is 1. The van der Waals surface area contributed by atoms with Crippen molar-refractivity contribution in [1.29, 1.82) is 5.26 Å². The number of aromatic nitrogens is 2. The molecule has 0 saturated heterocycles. The lowest BCUT2D eigenvalue weighted by molar-refractivity contribution is 0.317. The number of methoxy groups -OCH3 is 1. The summed E-state index contributed by atoms with van der Waals surface area (Å²) in [5, 5.41) is 27.4. The molecule has 2 heterocycles. The number of fused-ring (bicyclic) bond motifs is 1. The van der Waals surface area contributed by atoms with Gasteiger partial charge >= 0.3 is 0 Å². The normalized spacial score (nSPS) is 15.1. The average molecular weight is 418 g/mol. The Hall–Kier alpha value is -4.12. The quantitative estimate of drug-likeness (QED) is 0.556. The van der Waals surface area contributed by atoms with Gasteiger partial charge in [-0.2, -0.15) is 5.26 Å². The van der Waals surface area contributed by atoms with Gasteiger partial charge in [0.15, 0.2) is 11.5 Å². The monoisotopic (exact) mass is 418 g/mol. The molecule has 0 aliphatic carbocycles. The Balaban J connectivity index is 1.82. The Morgan fingerprint density at radius 3 is 2.68 bits per heavy atom. The number of nitrogens with zero attached hydrogens (tertiary/aromatic N) is 2. The van der Waals surface area contributed by atoms with Crippen molar-refractivity contribution in [1.82, 2.24) is 10.2 Å². The van der Waals surface area contributed by atoms with Crippen LogP contribution in [0.25, 0.3) is 11.3 Å². The number of allylic oxidation sites excluding steroid dienone is 1. The molecule has 2 aromatic carbocycles. The van der Waals surface area contributed by atoms with Crippen LogP contribution in [-0.4, -0.2) is 29.0 Å². The summed E-state index contributed by atoms with van der Waals surface area (Å²) >= 11 is 0. The third-order valence-corrected chi connectivity index (χ3v) is 5.09. The zero-order chi connectivity index (χ0) is 22.0. The van der Waals surface area contributed by atoms with Crippen LogP contribution in [0, 0.1) is 11.3 Å². The fourth-order valence-corrected chi connectivity index (χ4v) is 3.62. The minimum Gasteiger partial charge on any atom is -0.504 e. The second kappa shape index (κ2) is 8.32. The van der Waals surface area contributed by atoms with Crippen LogP contribution in [0.3, 0.4) is 0 Å². The van der Waals surface area contributed by atoms with Gasteiger partial charge in [0, 0.05) is 5.56 Å². The molecular weight excluding hydrogens is 396 g/mol. The minimum atomic E-state index is -0.574. The van der Waals surface area contributed by atoms with Gasteiger partial charge in [0.1, 0.15) is 17.4 Å². The van der Waals surface area contributed by atoms with Crippen LogP contribution < -0.4 is 19.9 Å². The highest BCUT2D eigenvalue weighted by molar-refractivity contribution is 5.71. The van der Waals surface area contributed by atoms with E-state index in [2.05, 4.69) is 16.3 Å². The number of nitrogens with one attached hydrogen (secondary N) is 1. The van der Waals surface area contributed by atoms with Crippen molar-refractivity contribution in [2.24, 2.45) is 5.73 Å². The molecule has 0 saturated carbocycles. The molecule has 1 aromatic heterocycles. The van der Waals surface area contributed by atoms with Crippen molar-refractivity contribution < 1.29 is 19.3 Å². The number of hydrogen-bond donors (Lipinski definition) is 3. The maximum Gasteiger partial charge on any atom is 0.244 e. The Labute approximate surface area is 179 Å². The second-order valence-electron chi connectivity index (χ2n) is 7.05. The molecule has 8 heteroatoms. The fourth-order valence-electron chi connectivity index (χ4n) is 3.62. The van der Waals surface area contributed by atoms with Gasteiger partial charge in [-0.15, -0.1) is 5.10 Å². The SMILES string of the molecule is CCCOc1ccc(-c2[nH]nc3c2[C@@H](c2ccc(OC)c(O)c2)C(C#N)=C(N)O3)cc1. The van der Waals surface area contributed by atoms with E-state index in [4.69, 9.17) is 19.9 Å². The molecule has 0 bridgehead atoms. The van der Waals surface area contributed by atoms with Crippen LogP contribution in [0.5, 0.6) is 23.1 Å². The predicted molar refractivity (Wildman–Crippen MR) is 114 cm³/mol. The molecule has 8 nitrogen and oxygen atoms in total. The highest BCUT2D eigenvalue weighted by atomic mass is 16.5. The van der Waals surface area contributed by atoms with E-state index in [9.17, 15) is 10.4 Å². The van der Waals surface area contributed by atoms with E-state index in [1.54, 1.807) is 18.2 Å². The molecule has 0 spiro atoms. The van der Waals surface area contributed by atoms with Crippen LogP contribution in [0.2, 0.25) is 0 Å². The molecule has 1 aliphatic rings. The molecular formula is C23H22N4O4. The van der Waals surface area contributed by atoms with Crippen LogP contribution in [0.4, 0.5) is 0 Å². The number of hydrogen-bond acceptors (Lipinski definition) is 7. The summed E-state index contributed by atoms with van der Waals surface area (Å²) in [5.41, 5.74) is 9.12. The molecule has 0 fully saturated rings. The van der Waals surface area contributed by atoms with Gasteiger partial charge in [-0.1, -0.05) is 13.0 Å². The van der Waals surface area contributed by atoms with Crippen molar-refractivity contribution in [3.05, 3.63) is 65.0 Å². The first-order valence-electron chi connectivity index (χ1n) is 9.83. The van der Waals surface area contributed by atoms with Gasteiger partial charge in [-0.25, -0.2) is 0 Å².